The molecule has 0 aromatic heterocycles. The highest BCUT2D eigenvalue weighted by Crippen LogP contribution is 2.20. The van der Waals surface area contributed by atoms with E-state index in [2.05, 4.69) is 20.8 Å². The quantitative estimate of drug-likeness (QED) is 0.186. The fraction of sp³-hybridized carbons (Fsp3) is 0.625. The number of hydrogen-bond acceptors (Lipinski definition) is 6. The molecule has 4 atom stereocenters. The molecule has 0 aromatic rings. The summed E-state index contributed by atoms with van der Waals surface area (Å²) in [6, 6.07) is 0. The molecule has 0 spiro atoms. The molecule has 6 nitrogen and oxygen atoms in total. The van der Waals surface area contributed by atoms with Gasteiger partial charge in [-0.15, -0.1) is 0 Å². The summed E-state index contributed by atoms with van der Waals surface area (Å²) >= 11 is 0. The topological polar surface area (TPSA) is 78.9 Å². The lowest BCUT2D eigenvalue weighted by Crippen LogP contribution is -2.35. The zero-order valence-corrected chi connectivity index (χ0v) is 18.7. The molecule has 6 heteroatoms. The summed E-state index contributed by atoms with van der Waals surface area (Å²) in [6.45, 7) is 8.48. The van der Waals surface area contributed by atoms with Crippen LogP contribution >= 0.6 is 0 Å². The second kappa shape index (κ2) is 14.6. The minimum Gasteiger partial charge on any atom is -0.463 e. The van der Waals surface area contributed by atoms with Crippen LogP contribution in [0.4, 0.5) is 0 Å². The molecule has 1 aliphatic rings. The Morgan fingerprint density at radius 3 is 2.60 bits per heavy atom. The van der Waals surface area contributed by atoms with Crippen LogP contribution in [0.1, 0.15) is 66.2 Å². The van der Waals surface area contributed by atoms with Crippen molar-refractivity contribution in [3.63, 3.8) is 0 Å². The Bertz CT molecular complexity index is 634. The van der Waals surface area contributed by atoms with E-state index in [1.165, 1.54) is 62.5 Å². The maximum atomic E-state index is 12.2. The Labute approximate surface area is 180 Å². The van der Waals surface area contributed by atoms with Gasteiger partial charge in [0.05, 0.1) is 6.61 Å². The summed E-state index contributed by atoms with van der Waals surface area (Å²) in [5, 5.41) is 0. The predicted octanol–water partition coefficient (Wildman–Crippen LogP) is 4.69. The van der Waals surface area contributed by atoms with Gasteiger partial charge in [-0.1, -0.05) is 59.0 Å². The van der Waals surface area contributed by atoms with Crippen LogP contribution in [0.15, 0.2) is 36.5 Å². The molecule has 0 fully saturated rings. The summed E-state index contributed by atoms with van der Waals surface area (Å²) in [5.41, 5.74) is 0. The van der Waals surface area contributed by atoms with E-state index in [1.807, 2.05) is 6.08 Å². The fourth-order valence-electron chi connectivity index (χ4n) is 3.31. The van der Waals surface area contributed by atoms with Crippen molar-refractivity contribution in [2.45, 2.75) is 78.4 Å². The third kappa shape index (κ3) is 11.0. The summed E-state index contributed by atoms with van der Waals surface area (Å²) in [5.74, 6) is -0.753. The molecule has 1 heterocycles. The third-order valence-corrected chi connectivity index (χ3v) is 4.84. The van der Waals surface area contributed by atoms with Crippen molar-refractivity contribution < 1.29 is 28.6 Å². The van der Waals surface area contributed by atoms with Gasteiger partial charge in [0, 0.05) is 18.2 Å². The van der Waals surface area contributed by atoms with Crippen LogP contribution in [0.3, 0.4) is 0 Å². The first-order valence-corrected chi connectivity index (χ1v) is 11.0. The molecule has 30 heavy (non-hydrogen) atoms. The predicted molar refractivity (Wildman–Crippen MR) is 116 cm³/mol. The van der Waals surface area contributed by atoms with Crippen molar-refractivity contribution in [3.05, 3.63) is 36.5 Å². The first-order valence-electron chi connectivity index (χ1n) is 11.0. The zero-order valence-electron chi connectivity index (χ0n) is 18.7. The summed E-state index contributed by atoms with van der Waals surface area (Å²) in [7, 11) is 0. The number of allylic oxidation sites excluding steroid dienone is 1. The van der Waals surface area contributed by atoms with Gasteiger partial charge in [-0.3, -0.25) is 0 Å². The Hall–Kier alpha value is -2.37. The molecule has 0 amide bonds. The van der Waals surface area contributed by atoms with Gasteiger partial charge in [0.2, 0.25) is 0 Å². The molecule has 0 saturated heterocycles. The number of cyclic esters (lactones) is 1. The molecular formula is C24H36O6. The molecule has 0 aromatic carbocycles. The standard InChI is InChI=1S/C24H36O6/c1-5-7-8-9-10-18(3)17-19(4)11-14-23(26)29-21-13-16-24(27)30-20(21)12-15-22(25)28-6-2/h11-16,18-21H,5-10,17H2,1-4H3/b14-11+,15-12?/t18?,19?,20-,21-/m0/s1. The monoisotopic (exact) mass is 420 g/mol. The summed E-state index contributed by atoms with van der Waals surface area (Å²) in [6.07, 6.45) is 14.1. The van der Waals surface area contributed by atoms with Gasteiger partial charge in [0.25, 0.3) is 0 Å². The third-order valence-electron chi connectivity index (χ3n) is 4.84. The van der Waals surface area contributed by atoms with E-state index in [4.69, 9.17) is 14.2 Å². The second-order valence-electron chi connectivity index (χ2n) is 7.80. The van der Waals surface area contributed by atoms with Crippen LogP contribution < -0.4 is 0 Å². The summed E-state index contributed by atoms with van der Waals surface area (Å²) < 4.78 is 15.3. The average Bonchev–Trinajstić information content (AvgIpc) is 2.70. The van der Waals surface area contributed by atoms with Crippen molar-refractivity contribution >= 4 is 17.9 Å². The smallest absolute Gasteiger partial charge is 0.331 e. The number of carbonyl (C=O) groups is 3. The summed E-state index contributed by atoms with van der Waals surface area (Å²) in [4.78, 5) is 35.2. The zero-order chi connectivity index (χ0) is 22.4. The van der Waals surface area contributed by atoms with E-state index in [0.29, 0.717) is 5.92 Å². The van der Waals surface area contributed by atoms with Gasteiger partial charge < -0.3 is 14.2 Å². The van der Waals surface area contributed by atoms with Gasteiger partial charge in [-0.25, -0.2) is 14.4 Å². The van der Waals surface area contributed by atoms with Gasteiger partial charge in [0.15, 0.2) is 12.2 Å². The normalized spacial score (nSPS) is 20.9. The van der Waals surface area contributed by atoms with E-state index in [1.54, 1.807) is 6.92 Å². The van der Waals surface area contributed by atoms with E-state index >= 15 is 0 Å². The molecule has 0 radical (unpaired) electrons. The van der Waals surface area contributed by atoms with Gasteiger partial charge in [0.1, 0.15) is 0 Å². The lowest BCUT2D eigenvalue weighted by molar-refractivity contribution is -0.157. The maximum Gasteiger partial charge on any atom is 0.331 e. The lowest BCUT2D eigenvalue weighted by Gasteiger charge is -2.24. The first kappa shape index (κ1) is 25.7. The van der Waals surface area contributed by atoms with Crippen LogP contribution in [-0.4, -0.2) is 36.7 Å². The van der Waals surface area contributed by atoms with E-state index in [-0.39, 0.29) is 12.5 Å². The highest BCUT2D eigenvalue weighted by atomic mass is 16.6. The number of rotatable bonds is 13. The highest BCUT2D eigenvalue weighted by molar-refractivity contribution is 5.85. The van der Waals surface area contributed by atoms with Crippen LogP contribution in [-0.2, 0) is 28.6 Å². The van der Waals surface area contributed by atoms with E-state index in [0.717, 1.165) is 6.42 Å². The Kier molecular flexibility index (Phi) is 12.5. The molecule has 0 saturated carbocycles. The lowest BCUT2D eigenvalue weighted by atomic mass is 9.92. The van der Waals surface area contributed by atoms with Gasteiger partial charge in [-0.05, 0) is 37.3 Å². The fourth-order valence-corrected chi connectivity index (χ4v) is 3.31. The minimum atomic E-state index is -0.871. The molecule has 168 valence electrons. The largest absolute Gasteiger partial charge is 0.463 e. The second-order valence-corrected chi connectivity index (χ2v) is 7.80. The van der Waals surface area contributed by atoms with Crippen molar-refractivity contribution in [1.82, 2.24) is 0 Å². The first-order chi connectivity index (χ1) is 14.3. The number of hydrogen-bond donors (Lipinski definition) is 0. The Morgan fingerprint density at radius 1 is 1.13 bits per heavy atom. The van der Waals surface area contributed by atoms with Crippen molar-refractivity contribution in [2.75, 3.05) is 6.61 Å². The van der Waals surface area contributed by atoms with Crippen molar-refractivity contribution in [1.29, 1.82) is 0 Å². The number of carbonyl (C=O) groups excluding carboxylic acids is 3. The van der Waals surface area contributed by atoms with E-state index < -0.39 is 30.1 Å². The Balaban J connectivity index is 2.52. The number of unbranched alkanes of at least 4 members (excludes halogenated alkanes) is 3. The molecular weight excluding hydrogens is 384 g/mol. The van der Waals surface area contributed by atoms with Crippen LogP contribution in [0.2, 0.25) is 0 Å². The highest BCUT2D eigenvalue weighted by Gasteiger charge is 2.27. The number of ether oxygens (including phenoxy) is 3. The average molecular weight is 421 g/mol. The van der Waals surface area contributed by atoms with Crippen LogP contribution in [0.5, 0.6) is 0 Å². The molecule has 0 aliphatic carbocycles. The van der Waals surface area contributed by atoms with Crippen molar-refractivity contribution in [3.8, 4) is 0 Å². The molecule has 1 aliphatic heterocycles. The van der Waals surface area contributed by atoms with Gasteiger partial charge in [-0.2, -0.15) is 0 Å². The van der Waals surface area contributed by atoms with Crippen LogP contribution in [0, 0.1) is 11.8 Å². The van der Waals surface area contributed by atoms with Crippen molar-refractivity contribution in [2.24, 2.45) is 11.8 Å². The molecule has 1 rings (SSSR count). The minimum absolute atomic E-state index is 0.242. The SMILES string of the molecule is CCCCCCC(C)CC(C)/C=C/C(=O)O[C@H]1C=CC(=O)O[C@H]1C=CC(=O)OCC. The Morgan fingerprint density at radius 2 is 1.90 bits per heavy atom. The molecule has 0 N–H and O–H groups in total. The maximum absolute atomic E-state index is 12.2. The molecule has 0 bridgehead atoms. The van der Waals surface area contributed by atoms with Gasteiger partial charge >= 0.3 is 17.9 Å². The van der Waals surface area contributed by atoms with Crippen LogP contribution in [0.25, 0.3) is 0 Å². The van der Waals surface area contributed by atoms with E-state index in [9.17, 15) is 14.4 Å². The molecule has 2 unspecified atom stereocenters. The number of esters is 3.